The van der Waals surface area contributed by atoms with Crippen molar-refractivity contribution in [2.75, 3.05) is 14.2 Å². The fourth-order valence-corrected chi connectivity index (χ4v) is 1.02. The molecule has 1 unspecified atom stereocenters. The van der Waals surface area contributed by atoms with E-state index in [1.54, 1.807) is 37.5 Å². The zero-order valence-corrected chi connectivity index (χ0v) is 7.69. The van der Waals surface area contributed by atoms with Crippen molar-refractivity contribution in [3.63, 3.8) is 0 Å². The topological polar surface area (TPSA) is 35.5 Å². The fraction of sp³-hybridized carbons (Fsp3) is 0.300. The van der Waals surface area contributed by atoms with Gasteiger partial charge in [-0.05, 0) is 12.2 Å². The Morgan fingerprint density at radius 1 is 1.38 bits per heavy atom. The van der Waals surface area contributed by atoms with Gasteiger partial charge in [0.05, 0.1) is 20.1 Å². The molecule has 0 fully saturated rings. The second kappa shape index (κ2) is 4.50. The third kappa shape index (κ3) is 2.47. The predicted molar refractivity (Wildman–Crippen MR) is 48.9 cm³/mol. The highest BCUT2D eigenvalue weighted by atomic mass is 16.5. The van der Waals surface area contributed by atoms with E-state index in [1.165, 1.54) is 7.11 Å². The second-order valence-corrected chi connectivity index (χ2v) is 2.57. The minimum Gasteiger partial charge on any atom is -0.497 e. The van der Waals surface area contributed by atoms with Crippen LogP contribution in [0.25, 0.3) is 0 Å². The predicted octanol–water partition coefficient (Wildman–Crippen LogP) is 1.43. The van der Waals surface area contributed by atoms with Crippen LogP contribution in [0.2, 0.25) is 0 Å². The van der Waals surface area contributed by atoms with E-state index in [9.17, 15) is 4.79 Å². The standard InChI is InChI=1S/C10H12O3/c1-12-9-5-3-4-8(6-7-9)10(11)13-2/h3-8H,1-2H3. The second-order valence-electron chi connectivity index (χ2n) is 2.57. The van der Waals surface area contributed by atoms with Crippen LogP contribution in [0.1, 0.15) is 0 Å². The number of carbonyl (C=O) groups is 1. The number of hydrogen-bond acceptors (Lipinski definition) is 3. The molecule has 1 rings (SSSR count). The molecule has 0 N–H and O–H groups in total. The van der Waals surface area contributed by atoms with Crippen molar-refractivity contribution >= 4 is 5.97 Å². The summed E-state index contributed by atoms with van der Waals surface area (Å²) in [6, 6.07) is 0. The van der Waals surface area contributed by atoms with Gasteiger partial charge in [0.1, 0.15) is 5.76 Å². The molecule has 1 aliphatic carbocycles. The van der Waals surface area contributed by atoms with Gasteiger partial charge in [-0.1, -0.05) is 18.2 Å². The van der Waals surface area contributed by atoms with Crippen LogP contribution in [0.3, 0.4) is 0 Å². The Labute approximate surface area is 77.3 Å². The number of ether oxygens (including phenoxy) is 2. The van der Waals surface area contributed by atoms with E-state index in [-0.39, 0.29) is 11.9 Å². The van der Waals surface area contributed by atoms with E-state index >= 15 is 0 Å². The molecule has 0 bridgehead atoms. The van der Waals surface area contributed by atoms with Gasteiger partial charge >= 0.3 is 5.97 Å². The van der Waals surface area contributed by atoms with Crippen LogP contribution in [0, 0.1) is 5.92 Å². The van der Waals surface area contributed by atoms with Gasteiger partial charge < -0.3 is 9.47 Å². The van der Waals surface area contributed by atoms with Gasteiger partial charge in [0.25, 0.3) is 0 Å². The molecule has 3 heteroatoms. The molecular weight excluding hydrogens is 168 g/mol. The van der Waals surface area contributed by atoms with Crippen LogP contribution >= 0.6 is 0 Å². The lowest BCUT2D eigenvalue weighted by Gasteiger charge is -2.02. The van der Waals surface area contributed by atoms with Crippen molar-refractivity contribution in [3.05, 3.63) is 36.1 Å². The fourth-order valence-electron chi connectivity index (χ4n) is 1.02. The summed E-state index contributed by atoms with van der Waals surface area (Å²) in [5.41, 5.74) is 0. The minimum absolute atomic E-state index is 0.266. The van der Waals surface area contributed by atoms with Crippen LogP contribution in [-0.2, 0) is 14.3 Å². The summed E-state index contributed by atoms with van der Waals surface area (Å²) in [5.74, 6) is 0.148. The van der Waals surface area contributed by atoms with E-state index in [4.69, 9.17) is 4.74 Å². The molecular formula is C10H12O3. The van der Waals surface area contributed by atoms with Crippen molar-refractivity contribution in [1.82, 2.24) is 0 Å². The quantitative estimate of drug-likeness (QED) is 0.603. The Morgan fingerprint density at radius 2 is 2.15 bits per heavy atom. The largest absolute Gasteiger partial charge is 0.497 e. The van der Waals surface area contributed by atoms with Crippen LogP contribution < -0.4 is 0 Å². The van der Waals surface area contributed by atoms with E-state index in [1.807, 2.05) is 0 Å². The zero-order valence-electron chi connectivity index (χ0n) is 7.69. The molecule has 0 amide bonds. The molecule has 70 valence electrons. The molecule has 0 radical (unpaired) electrons. The Hall–Kier alpha value is -1.51. The van der Waals surface area contributed by atoms with E-state index in [2.05, 4.69) is 4.74 Å². The number of allylic oxidation sites excluding steroid dienone is 3. The molecule has 0 saturated carbocycles. The first-order chi connectivity index (χ1) is 6.27. The van der Waals surface area contributed by atoms with Crippen molar-refractivity contribution in [3.8, 4) is 0 Å². The SMILES string of the molecule is COC(=O)C1C=CC=C(OC)C=C1. The number of rotatable bonds is 2. The molecule has 13 heavy (non-hydrogen) atoms. The highest BCUT2D eigenvalue weighted by Gasteiger charge is 2.12. The summed E-state index contributed by atoms with van der Waals surface area (Å²) in [4.78, 5) is 11.1. The lowest BCUT2D eigenvalue weighted by Crippen LogP contribution is -2.10. The molecule has 0 saturated heterocycles. The van der Waals surface area contributed by atoms with Gasteiger partial charge in [-0.25, -0.2) is 0 Å². The van der Waals surface area contributed by atoms with Gasteiger partial charge in [-0.3, -0.25) is 4.79 Å². The van der Waals surface area contributed by atoms with Crippen molar-refractivity contribution < 1.29 is 14.3 Å². The molecule has 3 nitrogen and oxygen atoms in total. The van der Waals surface area contributed by atoms with Gasteiger partial charge in [-0.15, -0.1) is 0 Å². The van der Waals surface area contributed by atoms with E-state index < -0.39 is 0 Å². The summed E-state index contributed by atoms with van der Waals surface area (Å²) in [5, 5.41) is 0. The Morgan fingerprint density at radius 3 is 2.77 bits per heavy atom. The number of carbonyl (C=O) groups excluding carboxylic acids is 1. The molecule has 0 heterocycles. The third-order valence-electron chi connectivity index (χ3n) is 1.76. The van der Waals surface area contributed by atoms with Gasteiger partial charge in [0, 0.05) is 0 Å². The summed E-state index contributed by atoms with van der Waals surface area (Å²) in [6.45, 7) is 0. The van der Waals surface area contributed by atoms with Crippen LogP contribution in [-0.4, -0.2) is 20.2 Å². The summed E-state index contributed by atoms with van der Waals surface area (Å²) in [7, 11) is 2.96. The lowest BCUT2D eigenvalue weighted by atomic mass is 10.1. The molecule has 0 aromatic heterocycles. The molecule has 0 aliphatic heterocycles. The highest BCUT2D eigenvalue weighted by molar-refractivity contribution is 5.76. The number of esters is 1. The first-order valence-electron chi connectivity index (χ1n) is 3.96. The van der Waals surface area contributed by atoms with E-state index in [0.717, 1.165) is 5.76 Å². The zero-order chi connectivity index (χ0) is 9.68. The van der Waals surface area contributed by atoms with E-state index in [0.29, 0.717) is 0 Å². The Balaban J connectivity index is 2.72. The molecule has 1 atom stereocenters. The summed E-state index contributed by atoms with van der Waals surface area (Å²) >= 11 is 0. The first-order valence-corrected chi connectivity index (χ1v) is 3.96. The molecule has 0 aromatic rings. The minimum atomic E-state index is -0.311. The van der Waals surface area contributed by atoms with Crippen molar-refractivity contribution in [2.24, 2.45) is 5.92 Å². The van der Waals surface area contributed by atoms with Crippen molar-refractivity contribution in [1.29, 1.82) is 0 Å². The third-order valence-corrected chi connectivity index (χ3v) is 1.76. The Kier molecular flexibility index (Phi) is 3.31. The number of hydrogen-bond donors (Lipinski definition) is 0. The van der Waals surface area contributed by atoms with Gasteiger partial charge in [0.15, 0.2) is 0 Å². The average molecular weight is 180 g/mol. The average Bonchev–Trinajstić information content (AvgIpc) is 2.41. The van der Waals surface area contributed by atoms with Gasteiger partial charge in [-0.2, -0.15) is 0 Å². The maximum Gasteiger partial charge on any atom is 0.316 e. The maximum atomic E-state index is 11.1. The normalized spacial score (nSPS) is 20.5. The molecule has 0 aromatic carbocycles. The molecule has 0 spiro atoms. The van der Waals surface area contributed by atoms with Crippen LogP contribution in [0.5, 0.6) is 0 Å². The van der Waals surface area contributed by atoms with Crippen molar-refractivity contribution in [2.45, 2.75) is 0 Å². The lowest BCUT2D eigenvalue weighted by molar-refractivity contribution is -0.142. The van der Waals surface area contributed by atoms with Gasteiger partial charge in [0.2, 0.25) is 0 Å². The Bertz CT molecular complexity index is 274. The highest BCUT2D eigenvalue weighted by Crippen LogP contribution is 2.11. The summed E-state index contributed by atoms with van der Waals surface area (Å²) < 4.78 is 9.61. The number of methoxy groups -OCH3 is 2. The monoisotopic (exact) mass is 180 g/mol. The first kappa shape index (κ1) is 9.58. The van der Waals surface area contributed by atoms with Crippen LogP contribution in [0.4, 0.5) is 0 Å². The summed E-state index contributed by atoms with van der Waals surface area (Å²) in [6.07, 6.45) is 8.82. The molecule has 1 aliphatic rings. The smallest absolute Gasteiger partial charge is 0.316 e. The van der Waals surface area contributed by atoms with Crippen LogP contribution in [0.15, 0.2) is 36.1 Å². The maximum absolute atomic E-state index is 11.1.